The summed E-state index contributed by atoms with van der Waals surface area (Å²) < 4.78 is 32.3. The van der Waals surface area contributed by atoms with Gasteiger partial charge in [0.15, 0.2) is 11.5 Å². The van der Waals surface area contributed by atoms with Gasteiger partial charge in [-0.1, -0.05) is 0 Å². The summed E-state index contributed by atoms with van der Waals surface area (Å²) >= 11 is 0. The molecule has 0 saturated carbocycles. The van der Waals surface area contributed by atoms with E-state index in [9.17, 15) is 13.6 Å². The number of alkyl halides is 2. The van der Waals surface area contributed by atoms with Gasteiger partial charge in [-0.05, 0) is 12.8 Å². The average molecular weight is 431 g/mol. The standard InChI is InChI=1S/C20H23F2N7O2/c1-13-23-7-14(31-13)10-28-12-20(6-18(28)30)2-4-27(5-3-20)17-9-24-15-8-25-29(11-16(21)22)19(15)26-17/h7-9,16H,2-6,10-12H2,1H3. The lowest BCUT2D eigenvalue weighted by Crippen LogP contribution is -2.42. The first kappa shape index (κ1) is 19.8. The summed E-state index contributed by atoms with van der Waals surface area (Å²) in [4.78, 5) is 29.5. The van der Waals surface area contributed by atoms with Crippen LogP contribution in [0.3, 0.4) is 0 Å². The minimum absolute atomic E-state index is 0.0579. The number of halogens is 2. The lowest BCUT2D eigenvalue weighted by Gasteiger charge is -2.39. The van der Waals surface area contributed by atoms with Crippen LogP contribution >= 0.6 is 0 Å². The van der Waals surface area contributed by atoms with Crippen molar-refractivity contribution in [2.45, 2.75) is 45.7 Å². The van der Waals surface area contributed by atoms with Gasteiger partial charge in [-0.15, -0.1) is 0 Å². The van der Waals surface area contributed by atoms with E-state index in [0.717, 1.165) is 25.9 Å². The van der Waals surface area contributed by atoms with E-state index in [2.05, 4.69) is 25.0 Å². The third-order valence-corrected chi connectivity index (χ3v) is 6.21. The lowest BCUT2D eigenvalue weighted by molar-refractivity contribution is -0.128. The van der Waals surface area contributed by atoms with Crippen LogP contribution in [0.4, 0.5) is 14.6 Å². The molecule has 164 valence electrons. The number of rotatable bonds is 5. The van der Waals surface area contributed by atoms with Crippen molar-refractivity contribution in [3.8, 4) is 0 Å². The number of piperidine rings is 1. The van der Waals surface area contributed by atoms with Crippen LogP contribution < -0.4 is 4.90 Å². The van der Waals surface area contributed by atoms with Crippen molar-refractivity contribution in [1.29, 1.82) is 0 Å². The summed E-state index contributed by atoms with van der Waals surface area (Å²) in [6.45, 7) is 3.88. The number of anilines is 1. The van der Waals surface area contributed by atoms with Crippen LogP contribution in [0.25, 0.3) is 11.2 Å². The number of nitrogens with zero attached hydrogens (tertiary/aromatic N) is 7. The zero-order chi connectivity index (χ0) is 21.6. The van der Waals surface area contributed by atoms with Crippen molar-refractivity contribution >= 4 is 22.9 Å². The van der Waals surface area contributed by atoms with Gasteiger partial charge in [0.2, 0.25) is 5.91 Å². The summed E-state index contributed by atoms with van der Waals surface area (Å²) in [5, 5.41) is 3.97. The number of aryl methyl sites for hydroxylation is 1. The minimum Gasteiger partial charge on any atom is -0.444 e. The Kier molecular flexibility index (Phi) is 4.82. The number of carbonyl (C=O) groups excluding carboxylic acids is 1. The molecule has 5 rings (SSSR count). The number of amides is 1. The predicted octanol–water partition coefficient (Wildman–Crippen LogP) is 2.41. The van der Waals surface area contributed by atoms with Gasteiger partial charge in [0, 0.05) is 38.4 Å². The number of hydrogen-bond donors (Lipinski definition) is 0. The molecule has 2 aliphatic heterocycles. The summed E-state index contributed by atoms with van der Waals surface area (Å²) in [6.07, 6.45) is 4.50. The Balaban J connectivity index is 1.26. The molecule has 9 nitrogen and oxygen atoms in total. The van der Waals surface area contributed by atoms with E-state index in [1.807, 2.05) is 4.90 Å². The van der Waals surface area contributed by atoms with E-state index < -0.39 is 13.0 Å². The van der Waals surface area contributed by atoms with Gasteiger partial charge in [-0.3, -0.25) is 4.79 Å². The number of hydrogen-bond acceptors (Lipinski definition) is 7. The fraction of sp³-hybridized carbons (Fsp3) is 0.550. The summed E-state index contributed by atoms with van der Waals surface area (Å²) in [6, 6.07) is 0. The van der Waals surface area contributed by atoms with Gasteiger partial charge in [-0.25, -0.2) is 28.4 Å². The molecule has 1 spiro atoms. The highest BCUT2D eigenvalue weighted by Crippen LogP contribution is 2.42. The number of carbonyl (C=O) groups is 1. The average Bonchev–Trinajstić information content (AvgIpc) is 3.41. The van der Waals surface area contributed by atoms with Crippen LogP contribution in [0, 0.1) is 12.3 Å². The first-order valence-electron chi connectivity index (χ1n) is 10.3. The molecule has 0 radical (unpaired) electrons. The Morgan fingerprint density at radius 2 is 2.00 bits per heavy atom. The van der Waals surface area contributed by atoms with Crippen LogP contribution in [-0.2, 0) is 17.9 Å². The van der Waals surface area contributed by atoms with E-state index in [0.29, 0.717) is 48.1 Å². The molecular formula is C20H23F2N7O2. The van der Waals surface area contributed by atoms with E-state index in [-0.39, 0.29) is 11.3 Å². The first-order valence-corrected chi connectivity index (χ1v) is 10.3. The quantitative estimate of drug-likeness (QED) is 0.612. The monoisotopic (exact) mass is 431 g/mol. The molecule has 0 aliphatic carbocycles. The van der Waals surface area contributed by atoms with Gasteiger partial charge in [-0.2, -0.15) is 5.10 Å². The Morgan fingerprint density at radius 1 is 1.19 bits per heavy atom. The minimum atomic E-state index is -2.51. The number of oxazole rings is 1. The molecule has 0 N–H and O–H groups in total. The summed E-state index contributed by atoms with van der Waals surface area (Å²) in [7, 11) is 0. The second kappa shape index (κ2) is 7.54. The number of aromatic nitrogens is 5. The third-order valence-electron chi connectivity index (χ3n) is 6.21. The highest BCUT2D eigenvalue weighted by Gasteiger charge is 2.45. The Hall–Kier alpha value is -3.11. The highest BCUT2D eigenvalue weighted by molar-refractivity contribution is 5.79. The Labute approximate surface area is 177 Å². The van der Waals surface area contributed by atoms with Crippen LogP contribution in [0.15, 0.2) is 23.0 Å². The molecule has 11 heteroatoms. The van der Waals surface area contributed by atoms with Crippen molar-refractivity contribution in [3.05, 3.63) is 30.2 Å². The van der Waals surface area contributed by atoms with Crippen LogP contribution in [0.2, 0.25) is 0 Å². The lowest BCUT2D eigenvalue weighted by atomic mass is 9.77. The fourth-order valence-electron chi connectivity index (χ4n) is 4.59. The Morgan fingerprint density at radius 3 is 2.71 bits per heavy atom. The second-order valence-electron chi connectivity index (χ2n) is 8.41. The molecule has 3 aromatic rings. The second-order valence-corrected chi connectivity index (χ2v) is 8.41. The number of fused-ring (bicyclic) bond motifs is 1. The van der Waals surface area contributed by atoms with E-state index in [1.165, 1.54) is 10.9 Å². The molecule has 5 heterocycles. The van der Waals surface area contributed by atoms with Gasteiger partial charge in [0.25, 0.3) is 6.43 Å². The maximum Gasteiger partial charge on any atom is 0.258 e. The van der Waals surface area contributed by atoms with Crippen LogP contribution in [0.5, 0.6) is 0 Å². The Bertz CT molecular complexity index is 1100. The first-order chi connectivity index (χ1) is 14.9. The third kappa shape index (κ3) is 3.84. The van der Waals surface area contributed by atoms with Crippen molar-refractivity contribution in [2.75, 3.05) is 24.5 Å². The maximum absolute atomic E-state index is 12.8. The van der Waals surface area contributed by atoms with Crippen LogP contribution in [-0.4, -0.2) is 61.6 Å². The number of likely N-dealkylation sites (tertiary alicyclic amines) is 1. The predicted molar refractivity (Wildman–Crippen MR) is 106 cm³/mol. The molecule has 31 heavy (non-hydrogen) atoms. The largest absolute Gasteiger partial charge is 0.444 e. The zero-order valence-electron chi connectivity index (χ0n) is 17.2. The summed E-state index contributed by atoms with van der Waals surface area (Å²) in [5.41, 5.74) is 0.803. The van der Waals surface area contributed by atoms with Gasteiger partial charge in [0.1, 0.15) is 23.6 Å². The molecule has 0 bridgehead atoms. The molecule has 2 aliphatic rings. The molecule has 2 saturated heterocycles. The molecule has 0 aromatic carbocycles. The zero-order valence-corrected chi connectivity index (χ0v) is 17.2. The smallest absolute Gasteiger partial charge is 0.258 e. The topological polar surface area (TPSA) is 93.2 Å². The van der Waals surface area contributed by atoms with Gasteiger partial charge < -0.3 is 14.2 Å². The molecular weight excluding hydrogens is 408 g/mol. The molecule has 3 aromatic heterocycles. The van der Waals surface area contributed by atoms with Crippen molar-refractivity contribution < 1.29 is 18.0 Å². The normalized spacial score (nSPS) is 18.8. The van der Waals surface area contributed by atoms with Crippen molar-refractivity contribution in [2.24, 2.45) is 5.41 Å². The van der Waals surface area contributed by atoms with Crippen LogP contribution in [0.1, 0.15) is 30.9 Å². The van der Waals surface area contributed by atoms with E-state index >= 15 is 0 Å². The molecule has 2 fully saturated rings. The highest BCUT2D eigenvalue weighted by atomic mass is 19.3. The summed E-state index contributed by atoms with van der Waals surface area (Å²) in [5.74, 6) is 2.08. The van der Waals surface area contributed by atoms with Crippen molar-refractivity contribution in [1.82, 2.24) is 29.6 Å². The van der Waals surface area contributed by atoms with E-state index in [1.54, 1.807) is 19.3 Å². The molecule has 0 atom stereocenters. The fourth-order valence-corrected chi connectivity index (χ4v) is 4.59. The van der Waals surface area contributed by atoms with E-state index in [4.69, 9.17) is 4.42 Å². The van der Waals surface area contributed by atoms with Gasteiger partial charge in [0.05, 0.1) is 25.1 Å². The molecule has 1 amide bonds. The molecule has 0 unspecified atom stereocenters. The SMILES string of the molecule is Cc1ncc(CN2CC3(CCN(c4cnc5cnn(CC(F)F)c5n4)CC3)CC2=O)o1. The van der Waals surface area contributed by atoms with Crippen molar-refractivity contribution in [3.63, 3.8) is 0 Å². The van der Waals surface area contributed by atoms with Gasteiger partial charge >= 0.3 is 0 Å². The maximum atomic E-state index is 12.8.